The van der Waals surface area contributed by atoms with Crippen LogP contribution in [0, 0.1) is 4.84 Å². The van der Waals surface area contributed by atoms with E-state index in [4.69, 9.17) is 21.1 Å². The maximum absolute atomic E-state index is 5.76. The van der Waals surface area contributed by atoms with Crippen molar-refractivity contribution in [3.05, 3.63) is 41.2 Å². The fraction of sp³-hybridized carbons (Fsp3) is 0. The second-order valence-electron chi connectivity index (χ2n) is 3.93. The number of aromatic nitrogens is 1. The standard InChI is InChI=1S/C13H7NO2S/c17-13-14-8-5-6-10-11(12(8)16-13)7-3-1-2-4-9(7)15-10/h1-6H,(H,14,17). The van der Waals surface area contributed by atoms with Crippen LogP contribution >= 0.6 is 12.2 Å². The van der Waals surface area contributed by atoms with Gasteiger partial charge in [-0.1, -0.05) is 18.2 Å². The fourth-order valence-electron chi connectivity index (χ4n) is 2.22. The first-order chi connectivity index (χ1) is 8.33. The highest BCUT2D eigenvalue weighted by Gasteiger charge is 2.12. The van der Waals surface area contributed by atoms with Crippen LogP contribution in [0.2, 0.25) is 0 Å². The number of oxazole rings is 1. The quantitative estimate of drug-likeness (QED) is 0.464. The van der Waals surface area contributed by atoms with Gasteiger partial charge in [-0.3, -0.25) is 0 Å². The Morgan fingerprint density at radius 3 is 2.76 bits per heavy atom. The molecule has 2 heterocycles. The zero-order valence-electron chi connectivity index (χ0n) is 8.69. The molecule has 0 saturated heterocycles. The zero-order chi connectivity index (χ0) is 11.4. The van der Waals surface area contributed by atoms with Gasteiger partial charge in [-0.2, -0.15) is 0 Å². The highest BCUT2D eigenvalue weighted by Crippen LogP contribution is 2.34. The van der Waals surface area contributed by atoms with Crippen LogP contribution in [-0.4, -0.2) is 4.98 Å². The smallest absolute Gasteiger partial charge is 0.266 e. The first-order valence-corrected chi connectivity index (χ1v) is 5.67. The van der Waals surface area contributed by atoms with Crippen LogP contribution in [0.15, 0.2) is 45.2 Å². The Kier molecular flexibility index (Phi) is 1.58. The van der Waals surface area contributed by atoms with Crippen molar-refractivity contribution in [3.8, 4) is 0 Å². The van der Waals surface area contributed by atoms with E-state index in [1.807, 2.05) is 36.4 Å². The number of hydrogen-bond donors (Lipinski definition) is 1. The predicted molar refractivity (Wildman–Crippen MR) is 68.7 cm³/mol. The maximum atomic E-state index is 5.76. The molecule has 0 aliphatic heterocycles. The number of benzene rings is 2. The normalized spacial score (nSPS) is 11.8. The molecular weight excluding hydrogens is 234 g/mol. The van der Waals surface area contributed by atoms with Crippen LogP contribution in [0.5, 0.6) is 0 Å². The van der Waals surface area contributed by atoms with Crippen LogP contribution in [0.3, 0.4) is 0 Å². The lowest BCUT2D eigenvalue weighted by atomic mass is 10.1. The molecule has 0 atom stereocenters. The molecule has 4 aromatic rings. The summed E-state index contributed by atoms with van der Waals surface area (Å²) in [6, 6.07) is 11.7. The van der Waals surface area contributed by atoms with E-state index in [-0.39, 0.29) is 0 Å². The minimum Gasteiger partial charge on any atom is -0.456 e. The van der Waals surface area contributed by atoms with Crippen molar-refractivity contribution in [2.75, 3.05) is 0 Å². The van der Waals surface area contributed by atoms with E-state index in [0.717, 1.165) is 33.0 Å². The highest BCUT2D eigenvalue weighted by atomic mass is 32.1. The molecule has 2 aromatic carbocycles. The molecule has 0 aliphatic carbocycles. The SMILES string of the molecule is S=c1[nH]c2ccc3oc4ccccc4c3c2o1. The largest absolute Gasteiger partial charge is 0.456 e. The third-order valence-corrected chi connectivity index (χ3v) is 3.11. The van der Waals surface area contributed by atoms with Crippen molar-refractivity contribution in [1.29, 1.82) is 0 Å². The third kappa shape index (κ3) is 1.13. The van der Waals surface area contributed by atoms with Gasteiger partial charge in [-0.15, -0.1) is 0 Å². The average molecular weight is 241 g/mol. The van der Waals surface area contributed by atoms with Crippen molar-refractivity contribution < 1.29 is 8.83 Å². The van der Waals surface area contributed by atoms with Crippen LogP contribution in [0.25, 0.3) is 33.0 Å². The molecule has 1 N–H and O–H groups in total. The number of para-hydroxylation sites is 1. The molecule has 0 amide bonds. The van der Waals surface area contributed by atoms with Gasteiger partial charge in [-0.05, 0) is 30.4 Å². The molecule has 0 bridgehead atoms. The summed E-state index contributed by atoms with van der Waals surface area (Å²) < 4.78 is 11.3. The van der Waals surface area contributed by atoms with E-state index >= 15 is 0 Å². The number of nitrogens with one attached hydrogen (secondary N) is 1. The van der Waals surface area contributed by atoms with Gasteiger partial charge in [0.2, 0.25) is 0 Å². The summed E-state index contributed by atoms with van der Waals surface area (Å²) in [5.74, 6) is 0. The first kappa shape index (κ1) is 9.01. The molecule has 0 unspecified atom stereocenters. The predicted octanol–water partition coefficient (Wildman–Crippen LogP) is 4.39. The third-order valence-electron chi connectivity index (χ3n) is 2.93. The van der Waals surface area contributed by atoms with E-state index in [2.05, 4.69) is 4.98 Å². The Morgan fingerprint density at radius 1 is 0.941 bits per heavy atom. The lowest BCUT2D eigenvalue weighted by molar-refractivity contribution is 0.586. The molecule has 4 rings (SSSR count). The summed E-state index contributed by atoms with van der Waals surface area (Å²) in [5, 5.41) is 2.02. The fourth-order valence-corrected chi connectivity index (χ4v) is 2.41. The van der Waals surface area contributed by atoms with Gasteiger partial charge < -0.3 is 13.8 Å². The summed E-state index contributed by atoms with van der Waals surface area (Å²) >= 11 is 5.02. The Morgan fingerprint density at radius 2 is 1.82 bits per heavy atom. The minimum absolute atomic E-state index is 0.387. The summed E-state index contributed by atoms with van der Waals surface area (Å²) in [7, 11) is 0. The van der Waals surface area contributed by atoms with Gasteiger partial charge in [0.15, 0.2) is 5.58 Å². The Labute approximate surface area is 101 Å². The van der Waals surface area contributed by atoms with Crippen LogP contribution in [0.4, 0.5) is 0 Å². The van der Waals surface area contributed by atoms with E-state index in [9.17, 15) is 0 Å². The lowest BCUT2D eigenvalue weighted by Gasteiger charge is -1.89. The van der Waals surface area contributed by atoms with Crippen molar-refractivity contribution in [2.45, 2.75) is 0 Å². The molecule has 0 spiro atoms. The molecular formula is C13H7NO2S. The number of rotatable bonds is 0. The monoisotopic (exact) mass is 241 g/mol. The van der Waals surface area contributed by atoms with Gasteiger partial charge in [0.1, 0.15) is 11.2 Å². The summed E-state index contributed by atoms with van der Waals surface area (Å²) in [6.45, 7) is 0. The summed E-state index contributed by atoms with van der Waals surface area (Å²) in [5.41, 5.74) is 3.33. The van der Waals surface area contributed by atoms with Crippen molar-refractivity contribution in [3.63, 3.8) is 0 Å². The number of fused-ring (bicyclic) bond motifs is 5. The molecule has 0 saturated carbocycles. The summed E-state index contributed by atoms with van der Waals surface area (Å²) in [4.78, 5) is 3.40. The number of furan rings is 1. The van der Waals surface area contributed by atoms with E-state index in [1.165, 1.54) is 0 Å². The van der Waals surface area contributed by atoms with Gasteiger partial charge in [-0.25, -0.2) is 0 Å². The van der Waals surface area contributed by atoms with Crippen molar-refractivity contribution >= 4 is 45.3 Å². The van der Waals surface area contributed by atoms with Crippen LogP contribution < -0.4 is 0 Å². The van der Waals surface area contributed by atoms with Crippen LogP contribution in [-0.2, 0) is 0 Å². The van der Waals surface area contributed by atoms with Crippen LogP contribution in [0.1, 0.15) is 0 Å². The topological polar surface area (TPSA) is 42.1 Å². The van der Waals surface area contributed by atoms with E-state index in [0.29, 0.717) is 4.84 Å². The molecule has 0 aliphatic rings. The summed E-state index contributed by atoms with van der Waals surface area (Å²) in [6.07, 6.45) is 0. The molecule has 3 nitrogen and oxygen atoms in total. The van der Waals surface area contributed by atoms with E-state index in [1.54, 1.807) is 0 Å². The molecule has 0 fully saturated rings. The molecule has 2 aromatic heterocycles. The maximum Gasteiger partial charge on any atom is 0.266 e. The van der Waals surface area contributed by atoms with Crippen molar-refractivity contribution in [2.24, 2.45) is 0 Å². The van der Waals surface area contributed by atoms with Gasteiger partial charge in [0.05, 0.1) is 10.9 Å². The van der Waals surface area contributed by atoms with E-state index < -0.39 is 0 Å². The second kappa shape index (κ2) is 2.99. The minimum atomic E-state index is 0.387. The first-order valence-electron chi connectivity index (χ1n) is 5.26. The zero-order valence-corrected chi connectivity index (χ0v) is 9.51. The second-order valence-corrected chi connectivity index (χ2v) is 4.30. The average Bonchev–Trinajstić information content (AvgIpc) is 2.87. The highest BCUT2D eigenvalue weighted by molar-refractivity contribution is 7.71. The number of aromatic amines is 1. The Hall–Kier alpha value is -2.07. The molecule has 82 valence electrons. The molecule has 17 heavy (non-hydrogen) atoms. The van der Waals surface area contributed by atoms with Gasteiger partial charge >= 0.3 is 0 Å². The van der Waals surface area contributed by atoms with Gasteiger partial charge in [0.25, 0.3) is 4.84 Å². The number of H-pyrrole nitrogens is 1. The number of hydrogen-bond acceptors (Lipinski definition) is 3. The lowest BCUT2D eigenvalue weighted by Crippen LogP contribution is -1.69. The Balaban J connectivity index is 2.42. The molecule has 4 heteroatoms. The van der Waals surface area contributed by atoms with Gasteiger partial charge in [0, 0.05) is 5.39 Å². The van der Waals surface area contributed by atoms with Crippen molar-refractivity contribution in [1.82, 2.24) is 4.98 Å². The Bertz CT molecular complexity index is 913. The molecule has 0 radical (unpaired) electrons.